The fourth-order valence-electron chi connectivity index (χ4n) is 2.90. The monoisotopic (exact) mass is 387 g/mol. The third kappa shape index (κ3) is 4.14. The van der Waals surface area contributed by atoms with E-state index in [2.05, 4.69) is 15.5 Å². The number of carbonyl (C=O) groups excluding carboxylic acids is 1. The number of aryl methyl sites for hydroxylation is 1. The van der Waals surface area contributed by atoms with Gasteiger partial charge in [0.25, 0.3) is 0 Å². The van der Waals surface area contributed by atoms with Crippen molar-refractivity contribution in [2.24, 2.45) is 5.92 Å². The zero-order valence-corrected chi connectivity index (χ0v) is 15.6. The lowest BCUT2D eigenvalue weighted by atomic mass is 10.0. The minimum atomic E-state index is -0.00674. The first-order valence-corrected chi connectivity index (χ1v) is 9.86. The van der Waals surface area contributed by atoms with Crippen LogP contribution in [0.4, 0.5) is 0 Å². The number of aromatic nitrogens is 2. The number of nitrogens with zero attached hydrogens (tertiary/aromatic N) is 2. The molecule has 134 valence electrons. The van der Waals surface area contributed by atoms with Gasteiger partial charge in [0.1, 0.15) is 0 Å². The van der Waals surface area contributed by atoms with Gasteiger partial charge in [-0.15, -0.1) is 11.3 Å². The number of amides is 1. The van der Waals surface area contributed by atoms with E-state index in [0.717, 1.165) is 23.3 Å². The molecule has 1 atom stereocenters. The highest BCUT2D eigenvalue weighted by Crippen LogP contribution is 2.41. The third-order valence-electron chi connectivity index (χ3n) is 4.41. The van der Waals surface area contributed by atoms with Gasteiger partial charge in [-0.2, -0.15) is 4.98 Å². The van der Waals surface area contributed by atoms with E-state index in [1.807, 2.05) is 41.8 Å². The molecule has 1 aliphatic carbocycles. The summed E-state index contributed by atoms with van der Waals surface area (Å²) in [6.07, 6.45) is 3.04. The average molecular weight is 388 g/mol. The smallest absolute Gasteiger partial charge is 0.227 e. The number of hydrogen-bond donors (Lipinski definition) is 1. The summed E-state index contributed by atoms with van der Waals surface area (Å²) in [6, 6.07) is 11.6. The van der Waals surface area contributed by atoms with E-state index in [4.69, 9.17) is 16.1 Å². The maximum Gasteiger partial charge on any atom is 0.227 e. The number of hydrogen-bond acceptors (Lipinski definition) is 5. The Bertz CT molecular complexity index is 873. The average Bonchev–Trinajstić information content (AvgIpc) is 3.14. The largest absolute Gasteiger partial charge is 0.349 e. The first-order valence-electron chi connectivity index (χ1n) is 8.60. The quantitative estimate of drug-likeness (QED) is 0.640. The number of benzene rings is 1. The van der Waals surface area contributed by atoms with Crippen LogP contribution in [0.25, 0.3) is 10.7 Å². The van der Waals surface area contributed by atoms with Gasteiger partial charge in [0.15, 0.2) is 0 Å². The molecule has 0 aliphatic heterocycles. The van der Waals surface area contributed by atoms with Crippen molar-refractivity contribution in [3.8, 4) is 10.7 Å². The predicted molar refractivity (Wildman–Crippen MR) is 101 cm³/mol. The van der Waals surface area contributed by atoms with Gasteiger partial charge in [-0.3, -0.25) is 4.79 Å². The SMILES string of the molecule is O=C(CCc1nc(-c2cccs2)no1)NC(c1ccc(Cl)cc1)C1CC1. The molecule has 26 heavy (non-hydrogen) atoms. The molecule has 1 N–H and O–H groups in total. The first kappa shape index (κ1) is 17.2. The number of carbonyl (C=O) groups is 1. The van der Waals surface area contributed by atoms with E-state index in [0.29, 0.717) is 35.5 Å². The molecule has 0 bridgehead atoms. The first-order chi connectivity index (χ1) is 12.7. The molecule has 2 aromatic heterocycles. The van der Waals surface area contributed by atoms with Crippen LogP contribution in [-0.2, 0) is 11.2 Å². The zero-order valence-electron chi connectivity index (χ0n) is 14.0. The number of thiophene rings is 1. The summed E-state index contributed by atoms with van der Waals surface area (Å²) < 4.78 is 5.25. The van der Waals surface area contributed by atoms with E-state index in [9.17, 15) is 4.79 Å². The Morgan fingerprint density at radius 3 is 2.81 bits per heavy atom. The predicted octanol–water partition coefficient (Wildman–Crippen LogP) is 4.65. The van der Waals surface area contributed by atoms with E-state index >= 15 is 0 Å². The van der Waals surface area contributed by atoms with Crippen molar-refractivity contribution in [1.29, 1.82) is 0 Å². The zero-order chi connectivity index (χ0) is 17.9. The van der Waals surface area contributed by atoms with Gasteiger partial charge in [0.05, 0.1) is 10.9 Å². The maximum atomic E-state index is 12.4. The van der Waals surface area contributed by atoms with Crippen molar-refractivity contribution in [2.45, 2.75) is 31.7 Å². The summed E-state index contributed by atoms with van der Waals surface area (Å²) in [4.78, 5) is 17.7. The minimum absolute atomic E-state index is 0.00674. The van der Waals surface area contributed by atoms with Gasteiger partial charge >= 0.3 is 0 Å². The van der Waals surface area contributed by atoms with Crippen LogP contribution in [0.5, 0.6) is 0 Å². The molecule has 1 amide bonds. The molecular formula is C19H18ClN3O2S. The molecule has 0 saturated heterocycles. The van der Waals surface area contributed by atoms with Crippen molar-refractivity contribution >= 4 is 28.8 Å². The van der Waals surface area contributed by atoms with Gasteiger partial charge in [-0.05, 0) is 47.9 Å². The lowest BCUT2D eigenvalue weighted by molar-refractivity contribution is -0.122. The van der Waals surface area contributed by atoms with Gasteiger partial charge in [-0.1, -0.05) is 35.0 Å². The molecule has 3 aromatic rings. The lowest BCUT2D eigenvalue weighted by Gasteiger charge is -2.18. The molecule has 5 nitrogen and oxygen atoms in total. The topological polar surface area (TPSA) is 68.0 Å². The van der Waals surface area contributed by atoms with E-state index in [1.54, 1.807) is 11.3 Å². The van der Waals surface area contributed by atoms with Crippen LogP contribution in [0, 0.1) is 5.92 Å². The van der Waals surface area contributed by atoms with E-state index < -0.39 is 0 Å². The number of halogens is 1. The molecule has 1 aromatic carbocycles. The summed E-state index contributed by atoms with van der Waals surface area (Å²) in [5.74, 6) is 1.56. The second-order valence-corrected chi connectivity index (χ2v) is 7.81. The molecule has 1 aliphatic rings. The summed E-state index contributed by atoms with van der Waals surface area (Å²) >= 11 is 7.52. The Kier molecular flexibility index (Phi) is 5.04. The van der Waals surface area contributed by atoms with Crippen LogP contribution < -0.4 is 5.32 Å². The van der Waals surface area contributed by atoms with Gasteiger partial charge in [0, 0.05) is 17.9 Å². The normalized spacial score (nSPS) is 15.0. The van der Waals surface area contributed by atoms with Gasteiger partial charge in [0.2, 0.25) is 17.6 Å². The molecule has 1 unspecified atom stereocenters. The Morgan fingerprint density at radius 2 is 2.12 bits per heavy atom. The van der Waals surface area contributed by atoms with E-state index in [-0.39, 0.29) is 11.9 Å². The van der Waals surface area contributed by atoms with Crippen molar-refractivity contribution in [3.05, 3.63) is 58.3 Å². The lowest BCUT2D eigenvalue weighted by Crippen LogP contribution is -2.30. The van der Waals surface area contributed by atoms with Crippen molar-refractivity contribution < 1.29 is 9.32 Å². The highest BCUT2D eigenvalue weighted by molar-refractivity contribution is 7.13. The van der Waals surface area contributed by atoms with Gasteiger partial charge in [-0.25, -0.2) is 0 Å². The van der Waals surface area contributed by atoms with Gasteiger partial charge < -0.3 is 9.84 Å². The number of nitrogens with one attached hydrogen (secondary N) is 1. The molecule has 2 heterocycles. The fraction of sp³-hybridized carbons (Fsp3) is 0.316. The molecule has 0 spiro atoms. The minimum Gasteiger partial charge on any atom is -0.349 e. The van der Waals surface area contributed by atoms with Crippen LogP contribution in [0.1, 0.15) is 36.8 Å². The highest BCUT2D eigenvalue weighted by Gasteiger charge is 2.33. The van der Waals surface area contributed by atoms with Crippen LogP contribution in [-0.4, -0.2) is 16.0 Å². The van der Waals surface area contributed by atoms with Crippen molar-refractivity contribution in [2.75, 3.05) is 0 Å². The van der Waals surface area contributed by atoms with Crippen molar-refractivity contribution in [3.63, 3.8) is 0 Å². The van der Waals surface area contributed by atoms with Crippen LogP contribution in [0.3, 0.4) is 0 Å². The Hall–Kier alpha value is -2.18. The Labute approximate surface area is 160 Å². The highest BCUT2D eigenvalue weighted by atomic mass is 35.5. The summed E-state index contributed by atoms with van der Waals surface area (Å²) in [5, 5.41) is 9.79. The summed E-state index contributed by atoms with van der Waals surface area (Å²) in [6.45, 7) is 0. The number of rotatable bonds is 7. The molecule has 1 saturated carbocycles. The fourth-order valence-corrected chi connectivity index (χ4v) is 3.68. The molecule has 1 fully saturated rings. The molecule has 4 rings (SSSR count). The third-order valence-corrected chi connectivity index (χ3v) is 5.53. The van der Waals surface area contributed by atoms with Crippen molar-refractivity contribution in [1.82, 2.24) is 15.5 Å². The Balaban J connectivity index is 1.35. The Morgan fingerprint density at radius 1 is 1.31 bits per heavy atom. The van der Waals surface area contributed by atoms with Crippen LogP contribution in [0.15, 0.2) is 46.3 Å². The maximum absolute atomic E-state index is 12.4. The summed E-state index contributed by atoms with van der Waals surface area (Å²) in [5.41, 5.74) is 1.10. The van der Waals surface area contributed by atoms with E-state index in [1.165, 1.54) is 0 Å². The standard InChI is InChI=1S/C19H18ClN3O2S/c20-14-7-5-13(6-8-14)18(12-3-4-12)21-16(24)9-10-17-22-19(23-25-17)15-2-1-11-26-15/h1-2,5-8,11-12,18H,3-4,9-10H2,(H,21,24). The molecule has 7 heteroatoms. The summed E-state index contributed by atoms with van der Waals surface area (Å²) in [7, 11) is 0. The second-order valence-electron chi connectivity index (χ2n) is 6.42. The second kappa shape index (κ2) is 7.60. The molecular weight excluding hydrogens is 370 g/mol. The van der Waals surface area contributed by atoms with Crippen LogP contribution >= 0.6 is 22.9 Å². The molecule has 0 radical (unpaired) electrons. The van der Waals surface area contributed by atoms with Crippen LogP contribution in [0.2, 0.25) is 5.02 Å².